The minimum absolute atomic E-state index is 0.502. The maximum Gasteiger partial charge on any atom is 0.227 e. The summed E-state index contributed by atoms with van der Waals surface area (Å²) in [5.41, 5.74) is 0. The summed E-state index contributed by atoms with van der Waals surface area (Å²) < 4.78 is 5.16. The second kappa shape index (κ2) is 7.68. The van der Waals surface area contributed by atoms with Crippen LogP contribution in [-0.4, -0.2) is 28.5 Å². The monoisotopic (exact) mass is 243 g/mol. The molecule has 1 heterocycles. The Balaban J connectivity index is 2.22. The Kier molecular flexibility index (Phi) is 6.49. The summed E-state index contributed by atoms with van der Waals surface area (Å²) in [6, 6.07) is 0.502. The minimum Gasteiger partial charge on any atom is -0.339 e. The minimum atomic E-state index is 0.502. The van der Waals surface area contributed by atoms with Gasteiger partial charge in [-0.2, -0.15) is 16.7 Å². The maximum atomic E-state index is 5.16. The van der Waals surface area contributed by atoms with Crippen LogP contribution in [0.5, 0.6) is 0 Å². The molecule has 0 aliphatic rings. The Hall–Kier alpha value is -0.550. The molecule has 0 fully saturated rings. The predicted octanol–water partition coefficient (Wildman–Crippen LogP) is 2.25. The quantitative estimate of drug-likeness (QED) is 0.710. The molecule has 92 valence electrons. The van der Waals surface area contributed by atoms with E-state index >= 15 is 0 Å². The number of rotatable bonds is 8. The highest BCUT2D eigenvalue weighted by Crippen LogP contribution is 2.10. The highest BCUT2D eigenvalue weighted by Gasteiger charge is 2.05. The summed E-state index contributed by atoms with van der Waals surface area (Å²) in [4.78, 5) is 4.34. The number of thioether (sulfide) groups is 1. The van der Waals surface area contributed by atoms with E-state index in [0.717, 1.165) is 36.2 Å². The normalized spacial score (nSPS) is 11.2. The molecule has 1 aromatic heterocycles. The highest BCUT2D eigenvalue weighted by atomic mass is 32.2. The predicted molar refractivity (Wildman–Crippen MR) is 67.6 cm³/mol. The van der Waals surface area contributed by atoms with Crippen LogP contribution in [0.25, 0.3) is 0 Å². The molecular formula is C11H21N3OS. The molecule has 0 bridgehead atoms. The van der Waals surface area contributed by atoms with Crippen molar-refractivity contribution in [3.05, 3.63) is 11.7 Å². The third-order valence-corrected chi connectivity index (χ3v) is 3.14. The molecule has 1 N–H and O–H groups in total. The summed E-state index contributed by atoms with van der Waals surface area (Å²) in [6.07, 6.45) is 2.00. The molecule has 0 radical (unpaired) electrons. The van der Waals surface area contributed by atoms with E-state index in [1.54, 1.807) is 0 Å². The molecule has 1 rings (SSSR count). The molecule has 0 spiro atoms. The molecule has 0 atom stereocenters. The first kappa shape index (κ1) is 13.5. The fourth-order valence-electron chi connectivity index (χ4n) is 1.23. The van der Waals surface area contributed by atoms with E-state index in [1.807, 2.05) is 11.8 Å². The number of nitrogens with zero attached hydrogens (tertiary/aromatic N) is 2. The first-order valence-corrected chi connectivity index (χ1v) is 7.00. The lowest BCUT2D eigenvalue weighted by molar-refractivity contribution is 0.370. The van der Waals surface area contributed by atoms with Crippen molar-refractivity contribution in [2.24, 2.45) is 0 Å². The third-order valence-electron chi connectivity index (χ3n) is 1.98. The van der Waals surface area contributed by atoms with E-state index in [0.29, 0.717) is 6.04 Å². The van der Waals surface area contributed by atoms with Gasteiger partial charge < -0.3 is 9.84 Å². The van der Waals surface area contributed by atoms with Gasteiger partial charge in [0.2, 0.25) is 5.89 Å². The van der Waals surface area contributed by atoms with Crippen LogP contribution in [0.15, 0.2) is 4.52 Å². The van der Waals surface area contributed by atoms with Gasteiger partial charge in [-0.15, -0.1) is 0 Å². The maximum absolute atomic E-state index is 5.16. The number of aromatic nitrogens is 2. The molecule has 1 aromatic rings. The van der Waals surface area contributed by atoms with Crippen LogP contribution in [0, 0.1) is 0 Å². The van der Waals surface area contributed by atoms with Crippen LogP contribution in [0.3, 0.4) is 0 Å². The fraction of sp³-hybridized carbons (Fsp3) is 0.818. The zero-order chi connectivity index (χ0) is 11.8. The molecule has 0 saturated heterocycles. The second-order valence-electron chi connectivity index (χ2n) is 4.02. The van der Waals surface area contributed by atoms with Gasteiger partial charge in [-0.1, -0.05) is 25.9 Å². The zero-order valence-electron chi connectivity index (χ0n) is 10.3. The van der Waals surface area contributed by atoms with Crippen molar-refractivity contribution in [3.63, 3.8) is 0 Å². The van der Waals surface area contributed by atoms with Crippen LogP contribution >= 0.6 is 11.8 Å². The van der Waals surface area contributed by atoms with Crippen molar-refractivity contribution < 1.29 is 4.52 Å². The molecule has 0 unspecified atom stereocenters. The van der Waals surface area contributed by atoms with Crippen molar-refractivity contribution in [2.75, 3.05) is 12.3 Å². The topological polar surface area (TPSA) is 51.0 Å². The molecular weight excluding hydrogens is 222 g/mol. The van der Waals surface area contributed by atoms with E-state index in [4.69, 9.17) is 4.52 Å². The van der Waals surface area contributed by atoms with Crippen LogP contribution in [-0.2, 0) is 12.2 Å². The van der Waals surface area contributed by atoms with Crippen molar-refractivity contribution in [3.8, 4) is 0 Å². The van der Waals surface area contributed by atoms with Crippen molar-refractivity contribution in [2.45, 2.75) is 45.4 Å². The third kappa shape index (κ3) is 5.51. The van der Waals surface area contributed by atoms with Gasteiger partial charge in [-0.3, -0.25) is 0 Å². The van der Waals surface area contributed by atoms with E-state index in [1.165, 1.54) is 6.42 Å². The molecule has 0 aromatic carbocycles. The van der Waals surface area contributed by atoms with Gasteiger partial charge in [0.1, 0.15) is 0 Å². The second-order valence-corrected chi connectivity index (χ2v) is 5.12. The average Bonchev–Trinajstić information content (AvgIpc) is 2.66. The van der Waals surface area contributed by atoms with Gasteiger partial charge in [-0.05, 0) is 12.2 Å². The van der Waals surface area contributed by atoms with Crippen LogP contribution in [0.4, 0.5) is 0 Å². The largest absolute Gasteiger partial charge is 0.339 e. The summed E-state index contributed by atoms with van der Waals surface area (Å²) in [5.74, 6) is 3.56. The molecule has 16 heavy (non-hydrogen) atoms. The van der Waals surface area contributed by atoms with E-state index in [2.05, 4.69) is 36.2 Å². The number of hydrogen-bond donors (Lipinski definition) is 1. The van der Waals surface area contributed by atoms with Crippen LogP contribution in [0.1, 0.15) is 38.9 Å². The van der Waals surface area contributed by atoms with Crippen LogP contribution < -0.4 is 5.32 Å². The lowest BCUT2D eigenvalue weighted by atomic mass is 10.3. The average molecular weight is 243 g/mol. The van der Waals surface area contributed by atoms with Crippen LogP contribution in [0.2, 0.25) is 0 Å². The van der Waals surface area contributed by atoms with Crippen molar-refractivity contribution >= 4 is 11.8 Å². The molecule has 0 amide bonds. The SMILES string of the molecule is CCCSCc1noc(CCNC(C)C)n1. The van der Waals surface area contributed by atoms with Gasteiger partial charge in [0.25, 0.3) is 0 Å². The summed E-state index contributed by atoms with van der Waals surface area (Å²) in [7, 11) is 0. The van der Waals surface area contributed by atoms with Crippen molar-refractivity contribution in [1.29, 1.82) is 0 Å². The van der Waals surface area contributed by atoms with Crippen molar-refractivity contribution in [1.82, 2.24) is 15.5 Å². The Morgan fingerprint density at radius 3 is 2.94 bits per heavy atom. The molecule has 4 nitrogen and oxygen atoms in total. The van der Waals surface area contributed by atoms with E-state index in [-0.39, 0.29) is 0 Å². The molecule has 5 heteroatoms. The lowest BCUT2D eigenvalue weighted by Crippen LogP contribution is -2.25. The first-order chi connectivity index (χ1) is 7.72. The smallest absolute Gasteiger partial charge is 0.227 e. The molecule has 0 aliphatic heterocycles. The Labute approximate surface area is 102 Å². The van der Waals surface area contributed by atoms with Gasteiger partial charge in [0.15, 0.2) is 5.82 Å². The number of nitrogens with one attached hydrogen (secondary N) is 1. The molecule has 0 aliphatic carbocycles. The summed E-state index contributed by atoms with van der Waals surface area (Å²) in [6.45, 7) is 7.31. The lowest BCUT2D eigenvalue weighted by Gasteiger charge is -2.04. The van der Waals surface area contributed by atoms with Gasteiger partial charge >= 0.3 is 0 Å². The Bertz CT molecular complexity index is 289. The first-order valence-electron chi connectivity index (χ1n) is 5.85. The van der Waals surface area contributed by atoms with Gasteiger partial charge in [-0.25, -0.2) is 0 Å². The fourth-order valence-corrected chi connectivity index (χ4v) is 1.96. The summed E-state index contributed by atoms with van der Waals surface area (Å²) >= 11 is 1.85. The van der Waals surface area contributed by atoms with E-state index in [9.17, 15) is 0 Å². The Morgan fingerprint density at radius 2 is 2.25 bits per heavy atom. The highest BCUT2D eigenvalue weighted by molar-refractivity contribution is 7.98. The van der Waals surface area contributed by atoms with Gasteiger partial charge in [0, 0.05) is 19.0 Å². The summed E-state index contributed by atoms with van der Waals surface area (Å²) in [5, 5.41) is 7.27. The molecule has 0 saturated carbocycles. The standard InChI is InChI=1S/C11H21N3OS/c1-4-7-16-8-10-13-11(15-14-10)5-6-12-9(2)3/h9,12H,4-8H2,1-3H3. The van der Waals surface area contributed by atoms with Gasteiger partial charge in [0.05, 0.1) is 5.75 Å². The Morgan fingerprint density at radius 1 is 1.44 bits per heavy atom. The zero-order valence-corrected chi connectivity index (χ0v) is 11.1. The van der Waals surface area contributed by atoms with E-state index < -0.39 is 0 Å². The number of hydrogen-bond acceptors (Lipinski definition) is 5.